The average molecular weight is 459 g/mol. The molecular weight excluding hydrogens is 432 g/mol. The number of nitrogens with one attached hydrogen (secondary N) is 1. The number of ether oxygens (including phenoxy) is 1. The van der Waals surface area contributed by atoms with Gasteiger partial charge in [0.1, 0.15) is 5.75 Å². The molecule has 1 N–H and O–H groups in total. The molecule has 0 fully saturated rings. The van der Waals surface area contributed by atoms with Crippen molar-refractivity contribution in [2.24, 2.45) is 0 Å². The van der Waals surface area contributed by atoms with Gasteiger partial charge in [0.15, 0.2) is 11.0 Å². The highest BCUT2D eigenvalue weighted by Gasteiger charge is 2.23. The second kappa shape index (κ2) is 9.92. The van der Waals surface area contributed by atoms with Gasteiger partial charge in [0.2, 0.25) is 5.91 Å². The van der Waals surface area contributed by atoms with Crippen molar-refractivity contribution in [1.29, 1.82) is 0 Å². The van der Waals surface area contributed by atoms with Crippen LogP contribution in [-0.2, 0) is 4.79 Å². The van der Waals surface area contributed by atoms with E-state index in [2.05, 4.69) is 15.5 Å². The van der Waals surface area contributed by atoms with Gasteiger partial charge in [0.25, 0.3) is 0 Å². The van der Waals surface area contributed by atoms with Crippen molar-refractivity contribution in [3.05, 3.63) is 83.9 Å². The number of carbonyl (C=O) groups excluding carboxylic acids is 1. The Bertz CT molecular complexity index is 1270. The second-order valence-corrected chi connectivity index (χ2v) is 9.05. The smallest absolute Gasteiger partial charge is 0.237 e. The number of aromatic nitrogens is 3. The van der Waals surface area contributed by atoms with Gasteiger partial charge >= 0.3 is 0 Å². The summed E-state index contributed by atoms with van der Waals surface area (Å²) in [5.74, 6) is 1.28. The lowest BCUT2D eigenvalue weighted by Gasteiger charge is -2.15. The molecule has 4 aromatic rings. The molecule has 1 heterocycles. The molecule has 0 bridgehead atoms. The van der Waals surface area contributed by atoms with E-state index in [9.17, 15) is 4.79 Å². The standard InChI is InChI=1S/C26H26N4O2S/c1-17-13-15-20(16-14-17)30-24(21-10-6-8-12-23(21)32-4)28-29-26(30)33-19(3)25(31)27-22-11-7-5-9-18(22)2/h5-16,19H,1-4H3,(H,27,31). The first-order chi connectivity index (χ1) is 16.0. The highest BCUT2D eigenvalue weighted by atomic mass is 32.2. The molecule has 33 heavy (non-hydrogen) atoms. The summed E-state index contributed by atoms with van der Waals surface area (Å²) in [5, 5.41) is 12.2. The van der Waals surface area contributed by atoms with E-state index in [1.54, 1.807) is 7.11 Å². The van der Waals surface area contributed by atoms with Crippen molar-refractivity contribution in [1.82, 2.24) is 14.8 Å². The lowest BCUT2D eigenvalue weighted by atomic mass is 10.1. The Morgan fingerprint density at radius 3 is 2.39 bits per heavy atom. The number of methoxy groups -OCH3 is 1. The van der Waals surface area contributed by atoms with Crippen LogP contribution in [0.15, 0.2) is 78.0 Å². The van der Waals surface area contributed by atoms with E-state index in [-0.39, 0.29) is 11.2 Å². The van der Waals surface area contributed by atoms with Crippen LogP contribution in [0.3, 0.4) is 0 Å². The van der Waals surface area contributed by atoms with E-state index in [1.807, 2.05) is 98.1 Å². The summed E-state index contributed by atoms with van der Waals surface area (Å²) in [5.41, 5.74) is 4.73. The number of thioether (sulfide) groups is 1. The predicted molar refractivity (Wildman–Crippen MR) is 133 cm³/mol. The third-order valence-corrected chi connectivity index (χ3v) is 6.37. The van der Waals surface area contributed by atoms with Gasteiger partial charge in [-0.05, 0) is 56.7 Å². The molecule has 1 amide bonds. The highest BCUT2D eigenvalue weighted by Crippen LogP contribution is 2.34. The molecule has 3 aromatic carbocycles. The first-order valence-corrected chi connectivity index (χ1v) is 11.5. The molecule has 0 aliphatic heterocycles. The summed E-state index contributed by atoms with van der Waals surface area (Å²) < 4.78 is 7.54. The third-order valence-electron chi connectivity index (χ3n) is 5.33. The average Bonchev–Trinajstić information content (AvgIpc) is 3.24. The molecule has 0 saturated heterocycles. The van der Waals surface area contributed by atoms with Gasteiger partial charge in [-0.25, -0.2) is 0 Å². The molecule has 4 rings (SSSR count). The SMILES string of the molecule is COc1ccccc1-c1nnc(SC(C)C(=O)Nc2ccccc2C)n1-c1ccc(C)cc1. The van der Waals surface area contributed by atoms with Crippen molar-refractivity contribution in [2.45, 2.75) is 31.2 Å². The van der Waals surface area contributed by atoms with Crippen LogP contribution in [-0.4, -0.2) is 33.0 Å². The summed E-state index contributed by atoms with van der Waals surface area (Å²) in [4.78, 5) is 12.9. The van der Waals surface area contributed by atoms with E-state index in [0.29, 0.717) is 16.7 Å². The van der Waals surface area contributed by atoms with Crippen LogP contribution >= 0.6 is 11.8 Å². The monoisotopic (exact) mass is 458 g/mol. The van der Waals surface area contributed by atoms with Gasteiger partial charge in [0.05, 0.1) is 17.9 Å². The zero-order valence-electron chi connectivity index (χ0n) is 19.1. The van der Waals surface area contributed by atoms with Crippen LogP contribution in [0.4, 0.5) is 5.69 Å². The fourth-order valence-electron chi connectivity index (χ4n) is 3.44. The summed E-state index contributed by atoms with van der Waals surface area (Å²) in [6.07, 6.45) is 0. The molecule has 7 heteroatoms. The minimum atomic E-state index is -0.386. The number of rotatable bonds is 7. The van der Waals surface area contributed by atoms with Crippen LogP contribution in [0.1, 0.15) is 18.1 Å². The maximum Gasteiger partial charge on any atom is 0.237 e. The normalized spacial score (nSPS) is 11.8. The van der Waals surface area contributed by atoms with Gasteiger partial charge in [-0.1, -0.05) is 59.8 Å². The zero-order chi connectivity index (χ0) is 23.4. The molecule has 0 radical (unpaired) electrons. The molecule has 1 aromatic heterocycles. The van der Waals surface area contributed by atoms with Crippen molar-refractivity contribution >= 4 is 23.4 Å². The number of anilines is 1. The van der Waals surface area contributed by atoms with Gasteiger partial charge in [0, 0.05) is 11.4 Å². The predicted octanol–water partition coefficient (Wildman–Crippen LogP) is 5.68. The Kier molecular flexibility index (Phi) is 6.79. The topological polar surface area (TPSA) is 69.0 Å². The van der Waals surface area contributed by atoms with Gasteiger partial charge in [-0.2, -0.15) is 0 Å². The molecule has 0 aliphatic carbocycles. The Hall–Kier alpha value is -3.58. The molecule has 168 valence electrons. The Morgan fingerprint density at radius 1 is 0.970 bits per heavy atom. The van der Waals surface area contributed by atoms with E-state index in [4.69, 9.17) is 4.74 Å². The van der Waals surface area contributed by atoms with Crippen molar-refractivity contribution in [3.63, 3.8) is 0 Å². The molecule has 0 spiro atoms. The number of nitrogens with zero attached hydrogens (tertiary/aromatic N) is 3. The lowest BCUT2D eigenvalue weighted by molar-refractivity contribution is -0.115. The Balaban J connectivity index is 1.69. The minimum Gasteiger partial charge on any atom is -0.496 e. The van der Waals surface area contributed by atoms with E-state index < -0.39 is 0 Å². The molecule has 0 saturated carbocycles. The number of hydrogen-bond donors (Lipinski definition) is 1. The fourth-order valence-corrected chi connectivity index (χ4v) is 4.30. The van der Waals surface area contributed by atoms with E-state index >= 15 is 0 Å². The summed E-state index contributed by atoms with van der Waals surface area (Å²) in [6, 6.07) is 23.6. The molecule has 0 aliphatic rings. The maximum atomic E-state index is 12.9. The Morgan fingerprint density at radius 2 is 1.67 bits per heavy atom. The second-order valence-electron chi connectivity index (χ2n) is 7.74. The van der Waals surface area contributed by atoms with Gasteiger partial charge in [-0.3, -0.25) is 9.36 Å². The fraction of sp³-hybridized carbons (Fsp3) is 0.192. The third kappa shape index (κ3) is 4.93. The Labute approximate surface area is 198 Å². The lowest BCUT2D eigenvalue weighted by Crippen LogP contribution is -2.23. The van der Waals surface area contributed by atoms with Gasteiger partial charge in [-0.15, -0.1) is 10.2 Å². The molecule has 1 atom stereocenters. The molecular formula is C26H26N4O2S. The molecule has 1 unspecified atom stereocenters. The van der Waals surface area contributed by atoms with Crippen LogP contribution < -0.4 is 10.1 Å². The zero-order valence-corrected chi connectivity index (χ0v) is 19.9. The summed E-state index contributed by atoms with van der Waals surface area (Å²) in [7, 11) is 1.64. The molecule has 6 nitrogen and oxygen atoms in total. The van der Waals surface area contributed by atoms with Gasteiger partial charge < -0.3 is 10.1 Å². The van der Waals surface area contributed by atoms with Crippen LogP contribution in [0.5, 0.6) is 5.75 Å². The highest BCUT2D eigenvalue weighted by molar-refractivity contribution is 8.00. The number of amides is 1. The van der Waals surface area contributed by atoms with Crippen molar-refractivity contribution in [3.8, 4) is 22.8 Å². The van der Waals surface area contributed by atoms with Crippen LogP contribution in [0.25, 0.3) is 17.1 Å². The van der Waals surface area contributed by atoms with E-state index in [1.165, 1.54) is 11.8 Å². The number of benzene rings is 3. The van der Waals surface area contributed by atoms with Crippen LogP contribution in [0, 0.1) is 13.8 Å². The number of carbonyl (C=O) groups is 1. The first-order valence-electron chi connectivity index (χ1n) is 10.7. The van der Waals surface area contributed by atoms with Crippen LogP contribution in [0.2, 0.25) is 0 Å². The van der Waals surface area contributed by atoms with E-state index in [0.717, 1.165) is 28.1 Å². The van der Waals surface area contributed by atoms with Crippen molar-refractivity contribution < 1.29 is 9.53 Å². The quantitative estimate of drug-likeness (QED) is 0.361. The van der Waals surface area contributed by atoms with Crippen molar-refractivity contribution in [2.75, 3.05) is 12.4 Å². The largest absolute Gasteiger partial charge is 0.496 e. The maximum absolute atomic E-state index is 12.9. The summed E-state index contributed by atoms with van der Waals surface area (Å²) in [6.45, 7) is 5.89. The number of aryl methyl sites for hydroxylation is 2. The minimum absolute atomic E-state index is 0.0911. The number of para-hydroxylation sites is 2. The number of hydrogen-bond acceptors (Lipinski definition) is 5. The summed E-state index contributed by atoms with van der Waals surface area (Å²) >= 11 is 1.37. The first kappa shape index (κ1) is 22.6.